The van der Waals surface area contributed by atoms with E-state index in [1.165, 1.54) is 0 Å². The van der Waals surface area contributed by atoms with Crippen molar-refractivity contribution in [3.63, 3.8) is 0 Å². The van der Waals surface area contributed by atoms with Crippen molar-refractivity contribution in [2.45, 2.75) is 39.8 Å². The number of aliphatic hydroxyl groups is 1. The molecule has 0 radical (unpaired) electrons. The van der Waals surface area contributed by atoms with Gasteiger partial charge in [0, 0.05) is 6.04 Å². The van der Waals surface area contributed by atoms with E-state index >= 15 is 0 Å². The number of aryl methyl sites for hydroxylation is 1. The van der Waals surface area contributed by atoms with Crippen molar-refractivity contribution >= 4 is 11.7 Å². The molecule has 0 fully saturated rings. The van der Waals surface area contributed by atoms with Gasteiger partial charge in [-0.05, 0) is 33.3 Å². The molecule has 0 aliphatic rings. The molecule has 0 aliphatic carbocycles. The fourth-order valence-corrected chi connectivity index (χ4v) is 2.57. The first-order valence-electron chi connectivity index (χ1n) is 7.73. The lowest BCUT2D eigenvalue weighted by Crippen LogP contribution is -2.34. The summed E-state index contributed by atoms with van der Waals surface area (Å²) in [6.07, 6.45) is 0. The van der Waals surface area contributed by atoms with Crippen LogP contribution in [0.3, 0.4) is 0 Å². The molecule has 0 saturated heterocycles. The molecule has 6 nitrogen and oxygen atoms in total. The highest BCUT2D eigenvalue weighted by atomic mass is 16.3. The number of hydrogen-bond donors (Lipinski definition) is 3. The molecule has 1 aromatic carbocycles. The van der Waals surface area contributed by atoms with E-state index in [4.69, 9.17) is 0 Å². The summed E-state index contributed by atoms with van der Waals surface area (Å²) in [5.41, 5.74) is 3.25. The molecule has 1 heterocycles. The number of nitrogens with one attached hydrogen (secondary N) is 2. The number of rotatable bonds is 5. The third-order valence-electron chi connectivity index (χ3n) is 3.74. The van der Waals surface area contributed by atoms with Crippen LogP contribution in [0.4, 0.5) is 10.5 Å². The molecule has 124 valence electrons. The molecule has 2 aromatic rings. The number of amides is 2. The van der Waals surface area contributed by atoms with E-state index in [1.54, 1.807) is 0 Å². The van der Waals surface area contributed by atoms with Crippen LogP contribution in [0.15, 0.2) is 30.3 Å². The van der Waals surface area contributed by atoms with E-state index in [1.807, 2.05) is 62.7 Å². The van der Waals surface area contributed by atoms with Gasteiger partial charge in [-0.25, -0.2) is 4.79 Å². The normalized spacial score (nSPS) is 12.3. The molecule has 6 heteroatoms. The Morgan fingerprint density at radius 2 is 1.91 bits per heavy atom. The van der Waals surface area contributed by atoms with Gasteiger partial charge >= 0.3 is 6.03 Å². The van der Waals surface area contributed by atoms with E-state index in [0.29, 0.717) is 5.69 Å². The van der Waals surface area contributed by atoms with Crippen LogP contribution >= 0.6 is 0 Å². The summed E-state index contributed by atoms with van der Waals surface area (Å²) in [4.78, 5) is 12.3. The second kappa shape index (κ2) is 7.28. The Labute approximate surface area is 136 Å². The van der Waals surface area contributed by atoms with Crippen LogP contribution in [0.5, 0.6) is 0 Å². The lowest BCUT2D eigenvalue weighted by molar-refractivity contribution is 0.225. The van der Waals surface area contributed by atoms with E-state index in [0.717, 1.165) is 17.0 Å². The highest BCUT2D eigenvalue weighted by Gasteiger charge is 2.18. The fourth-order valence-electron chi connectivity index (χ4n) is 2.57. The number of carbonyl (C=O) groups is 1. The Balaban J connectivity index is 2.10. The van der Waals surface area contributed by atoms with Gasteiger partial charge in [0.1, 0.15) is 0 Å². The average Bonchev–Trinajstić information content (AvgIpc) is 2.81. The molecule has 3 N–H and O–H groups in total. The first-order valence-corrected chi connectivity index (χ1v) is 7.73. The van der Waals surface area contributed by atoms with Crippen molar-refractivity contribution < 1.29 is 9.90 Å². The maximum Gasteiger partial charge on any atom is 0.319 e. The minimum absolute atomic E-state index is 0.166. The van der Waals surface area contributed by atoms with Gasteiger partial charge in [-0.15, -0.1) is 0 Å². The third-order valence-corrected chi connectivity index (χ3v) is 3.74. The third kappa shape index (κ3) is 3.90. The van der Waals surface area contributed by atoms with Gasteiger partial charge in [0.25, 0.3) is 0 Å². The summed E-state index contributed by atoms with van der Waals surface area (Å²) in [6, 6.07) is 8.80. The number of carbonyl (C=O) groups excluding carboxylic acids is 1. The smallest absolute Gasteiger partial charge is 0.319 e. The summed E-state index contributed by atoms with van der Waals surface area (Å²) in [6.45, 7) is 7.71. The Morgan fingerprint density at radius 1 is 1.26 bits per heavy atom. The number of benzene rings is 1. The Bertz CT molecular complexity index is 665. The molecule has 2 amide bonds. The lowest BCUT2D eigenvalue weighted by atomic mass is 10.1. The lowest BCUT2D eigenvalue weighted by Gasteiger charge is -2.17. The average molecular weight is 316 g/mol. The fraction of sp³-hybridized carbons (Fsp3) is 0.412. The molecule has 0 saturated carbocycles. The maximum absolute atomic E-state index is 12.3. The Hall–Kier alpha value is -2.34. The van der Waals surface area contributed by atoms with E-state index in [2.05, 4.69) is 15.7 Å². The molecule has 1 atom stereocenters. The first kappa shape index (κ1) is 17.0. The zero-order valence-electron chi connectivity index (χ0n) is 14.0. The van der Waals surface area contributed by atoms with E-state index < -0.39 is 6.04 Å². The number of nitrogens with zero attached hydrogens (tertiary/aromatic N) is 2. The molecule has 1 aromatic heterocycles. The summed E-state index contributed by atoms with van der Waals surface area (Å²) >= 11 is 0. The van der Waals surface area contributed by atoms with Gasteiger partial charge in [0.2, 0.25) is 0 Å². The van der Waals surface area contributed by atoms with Crippen LogP contribution in [0.25, 0.3) is 0 Å². The first-order chi connectivity index (χ1) is 10.9. The topological polar surface area (TPSA) is 79.2 Å². The monoisotopic (exact) mass is 316 g/mol. The van der Waals surface area contributed by atoms with E-state index in [9.17, 15) is 9.90 Å². The van der Waals surface area contributed by atoms with Gasteiger partial charge in [-0.2, -0.15) is 5.10 Å². The SMILES string of the molecule is Cc1nn(C(C)C)c(C)c1NC(=O)N[C@H](CO)c1ccccc1. The number of aromatic nitrogens is 2. The van der Waals surface area contributed by atoms with Crippen molar-refractivity contribution in [2.75, 3.05) is 11.9 Å². The van der Waals surface area contributed by atoms with Crippen molar-refractivity contribution in [1.82, 2.24) is 15.1 Å². The second-order valence-electron chi connectivity index (χ2n) is 5.83. The largest absolute Gasteiger partial charge is 0.394 e. The van der Waals surface area contributed by atoms with E-state index in [-0.39, 0.29) is 18.7 Å². The summed E-state index contributed by atoms with van der Waals surface area (Å²) in [7, 11) is 0. The molecule has 0 bridgehead atoms. The minimum atomic E-state index is -0.447. The van der Waals surface area contributed by atoms with Crippen LogP contribution in [0.2, 0.25) is 0 Å². The number of hydrogen-bond acceptors (Lipinski definition) is 3. The van der Waals surface area contributed by atoms with Crippen molar-refractivity contribution in [1.29, 1.82) is 0 Å². The van der Waals surface area contributed by atoms with Crippen LogP contribution in [0.1, 0.15) is 42.9 Å². The molecular weight excluding hydrogens is 292 g/mol. The molecule has 2 rings (SSSR count). The summed E-state index contributed by atoms with van der Waals surface area (Å²) in [5.74, 6) is 0. The molecule has 23 heavy (non-hydrogen) atoms. The van der Waals surface area contributed by atoms with Crippen molar-refractivity contribution in [3.8, 4) is 0 Å². The zero-order valence-corrected chi connectivity index (χ0v) is 14.0. The summed E-state index contributed by atoms with van der Waals surface area (Å²) < 4.78 is 1.88. The second-order valence-corrected chi connectivity index (χ2v) is 5.83. The number of urea groups is 1. The Kier molecular flexibility index (Phi) is 5.39. The van der Waals surface area contributed by atoms with Crippen LogP contribution in [0, 0.1) is 13.8 Å². The van der Waals surface area contributed by atoms with Gasteiger partial charge in [0.15, 0.2) is 0 Å². The maximum atomic E-state index is 12.3. The molecule has 0 aliphatic heterocycles. The minimum Gasteiger partial charge on any atom is -0.394 e. The summed E-state index contributed by atoms with van der Waals surface area (Å²) in [5, 5.41) is 19.6. The Morgan fingerprint density at radius 3 is 2.43 bits per heavy atom. The van der Waals surface area contributed by atoms with Crippen molar-refractivity contribution in [2.24, 2.45) is 0 Å². The number of aliphatic hydroxyl groups excluding tert-OH is 1. The van der Waals surface area contributed by atoms with Crippen LogP contribution in [-0.2, 0) is 0 Å². The van der Waals surface area contributed by atoms with Gasteiger partial charge in [-0.3, -0.25) is 4.68 Å². The van der Waals surface area contributed by atoms with Gasteiger partial charge < -0.3 is 15.7 Å². The molecule has 0 spiro atoms. The predicted molar refractivity (Wildman–Crippen MR) is 90.5 cm³/mol. The predicted octanol–water partition coefficient (Wildman–Crippen LogP) is 2.94. The highest BCUT2D eigenvalue weighted by molar-refractivity contribution is 5.90. The highest BCUT2D eigenvalue weighted by Crippen LogP contribution is 2.22. The zero-order chi connectivity index (χ0) is 17.0. The van der Waals surface area contributed by atoms with Crippen molar-refractivity contribution in [3.05, 3.63) is 47.3 Å². The van der Waals surface area contributed by atoms with Crippen LogP contribution < -0.4 is 10.6 Å². The van der Waals surface area contributed by atoms with Crippen LogP contribution in [-0.4, -0.2) is 27.5 Å². The van der Waals surface area contributed by atoms with Gasteiger partial charge in [0.05, 0.1) is 29.7 Å². The number of anilines is 1. The molecule has 0 unspecified atom stereocenters. The quantitative estimate of drug-likeness (QED) is 0.793. The molecular formula is C17H24N4O2. The standard InChI is InChI=1S/C17H24N4O2/c1-11(2)21-13(4)16(12(3)20-21)19-17(23)18-15(10-22)14-8-6-5-7-9-14/h5-9,11,15,22H,10H2,1-4H3,(H2,18,19,23)/t15-/m1/s1. The van der Waals surface area contributed by atoms with Gasteiger partial charge in [-0.1, -0.05) is 30.3 Å².